The Labute approximate surface area is 153 Å². The van der Waals surface area contributed by atoms with Gasteiger partial charge in [0.1, 0.15) is 5.75 Å². The molecule has 0 saturated carbocycles. The highest BCUT2D eigenvalue weighted by Crippen LogP contribution is 2.16. The number of hydrogen-bond acceptors (Lipinski definition) is 4. The van der Waals surface area contributed by atoms with Crippen LogP contribution >= 0.6 is 11.6 Å². The topological polar surface area (TPSA) is 64.6 Å². The molecule has 0 aliphatic heterocycles. The molecule has 2 aromatic rings. The molecule has 0 heterocycles. The Hall–Kier alpha value is -2.93. The number of carbonyl (C=O) groups excluding carboxylic acids is 2. The summed E-state index contributed by atoms with van der Waals surface area (Å²) in [5.74, 6) is -1.22. The van der Waals surface area contributed by atoms with E-state index >= 15 is 0 Å². The molecular formula is C18H14ClF2NO4. The second-order valence-electron chi connectivity index (χ2n) is 4.95. The Balaban J connectivity index is 1.78. The van der Waals surface area contributed by atoms with Crippen LogP contribution in [-0.2, 0) is 14.3 Å². The summed E-state index contributed by atoms with van der Waals surface area (Å²) in [7, 11) is 0. The van der Waals surface area contributed by atoms with Crippen LogP contribution in [0.25, 0.3) is 6.08 Å². The number of esters is 1. The number of benzene rings is 2. The number of nitrogens with one attached hydrogen (secondary N) is 1. The van der Waals surface area contributed by atoms with Crippen molar-refractivity contribution in [1.29, 1.82) is 0 Å². The lowest BCUT2D eigenvalue weighted by molar-refractivity contribution is -0.142. The van der Waals surface area contributed by atoms with E-state index in [0.29, 0.717) is 16.3 Å². The highest BCUT2D eigenvalue weighted by atomic mass is 35.5. The third kappa shape index (κ3) is 6.90. The van der Waals surface area contributed by atoms with Crippen molar-refractivity contribution in [1.82, 2.24) is 0 Å². The zero-order chi connectivity index (χ0) is 18.9. The molecule has 0 aliphatic rings. The van der Waals surface area contributed by atoms with E-state index in [4.69, 9.17) is 16.3 Å². The Kier molecular flexibility index (Phi) is 7.11. The van der Waals surface area contributed by atoms with Gasteiger partial charge in [0.15, 0.2) is 6.61 Å². The second kappa shape index (κ2) is 9.53. The van der Waals surface area contributed by atoms with Crippen LogP contribution < -0.4 is 10.1 Å². The molecule has 1 N–H and O–H groups in total. The van der Waals surface area contributed by atoms with Crippen LogP contribution in [-0.4, -0.2) is 25.1 Å². The summed E-state index contributed by atoms with van der Waals surface area (Å²) in [6.45, 7) is -3.36. The molecule has 1 amide bonds. The third-order valence-electron chi connectivity index (χ3n) is 2.97. The summed E-state index contributed by atoms with van der Waals surface area (Å²) in [6, 6.07) is 12.2. The molecule has 0 radical (unpaired) electrons. The molecule has 26 heavy (non-hydrogen) atoms. The van der Waals surface area contributed by atoms with Gasteiger partial charge in [0.2, 0.25) is 0 Å². The van der Waals surface area contributed by atoms with E-state index in [-0.39, 0.29) is 5.75 Å². The summed E-state index contributed by atoms with van der Waals surface area (Å²) in [5, 5.41) is 3.00. The predicted molar refractivity (Wildman–Crippen MR) is 93.1 cm³/mol. The first kappa shape index (κ1) is 19.4. The van der Waals surface area contributed by atoms with Gasteiger partial charge >= 0.3 is 12.6 Å². The number of alkyl halides is 2. The maximum atomic E-state index is 12.0. The first-order valence-electron chi connectivity index (χ1n) is 7.37. The average Bonchev–Trinajstić information content (AvgIpc) is 2.59. The smallest absolute Gasteiger partial charge is 0.387 e. The molecule has 0 atom stereocenters. The SMILES string of the molecule is O=C(COC(=O)/C=C/c1ccc(OC(F)F)cc1)Nc1cccc(Cl)c1. The number of ether oxygens (including phenoxy) is 2. The lowest BCUT2D eigenvalue weighted by Gasteiger charge is -2.05. The molecular weight excluding hydrogens is 368 g/mol. The van der Waals surface area contributed by atoms with E-state index in [1.54, 1.807) is 24.3 Å². The average molecular weight is 382 g/mol. The van der Waals surface area contributed by atoms with Crippen molar-refractivity contribution in [2.24, 2.45) is 0 Å². The lowest BCUT2D eigenvalue weighted by Crippen LogP contribution is -2.20. The van der Waals surface area contributed by atoms with E-state index in [0.717, 1.165) is 6.08 Å². The molecule has 2 aromatic carbocycles. The molecule has 8 heteroatoms. The molecule has 0 aliphatic carbocycles. The minimum atomic E-state index is -2.90. The van der Waals surface area contributed by atoms with Gasteiger partial charge in [0.25, 0.3) is 5.91 Å². The largest absolute Gasteiger partial charge is 0.452 e. The van der Waals surface area contributed by atoms with E-state index in [9.17, 15) is 18.4 Å². The molecule has 0 bridgehead atoms. The fraction of sp³-hybridized carbons (Fsp3) is 0.111. The van der Waals surface area contributed by atoms with Gasteiger partial charge in [-0.05, 0) is 42.0 Å². The number of carbonyl (C=O) groups is 2. The van der Waals surface area contributed by atoms with Crippen LogP contribution in [0.3, 0.4) is 0 Å². The molecule has 0 fully saturated rings. The Morgan fingerprint density at radius 3 is 2.54 bits per heavy atom. The Morgan fingerprint density at radius 1 is 1.15 bits per heavy atom. The van der Waals surface area contributed by atoms with Crippen molar-refractivity contribution >= 4 is 35.2 Å². The number of rotatable bonds is 7. The quantitative estimate of drug-likeness (QED) is 0.578. The second-order valence-corrected chi connectivity index (χ2v) is 5.38. The number of halogens is 3. The molecule has 2 rings (SSSR count). The molecule has 5 nitrogen and oxygen atoms in total. The summed E-state index contributed by atoms with van der Waals surface area (Å²) in [4.78, 5) is 23.3. The number of amides is 1. The van der Waals surface area contributed by atoms with Gasteiger partial charge in [-0.15, -0.1) is 0 Å². The Morgan fingerprint density at radius 2 is 1.88 bits per heavy atom. The van der Waals surface area contributed by atoms with Crippen LogP contribution in [0.15, 0.2) is 54.6 Å². The highest BCUT2D eigenvalue weighted by molar-refractivity contribution is 6.30. The monoisotopic (exact) mass is 381 g/mol. The van der Waals surface area contributed by atoms with E-state index in [1.165, 1.54) is 30.3 Å². The molecule has 0 aromatic heterocycles. The molecule has 0 spiro atoms. The molecule has 136 valence electrons. The van der Waals surface area contributed by atoms with E-state index < -0.39 is 25.1 Å². The van der Waals surface area contributed by atoms with Gasteiger partial charge in [-0.1, -0.05) is 29.8 Å². The molecule has 0 saturated heterocycles. The lowest BCUT2D eigenvalue weighted by atomic mass is 10.2. The maximum absolute atomic E-state index is 12.0. The first-order valence-corrected chi connectivity index (χ1v) is 7.75. The summed E-state index contributed by atoms with van der Waals surface area (Å²) in [6.07, 6.45) is 2.54. The third-order valence-corrected chi connectivity index (χ3v) is 3.21. The van der Waals surface area contributed by atoms with E-state index in [2.05, 4.69) is 10.1 Å². The van der Waals surface area contributed by atoms with Crippen molar-refractivity contribution in [3.05, 3.63) is 65.2 Å². The van der Waals surface area contributed by atoms with Crippen LogP contribution in [0.2, 0.25) is 5.02 Å². The molecule has 0 unspecified atom stereocenters. The van der Waals surface area contributed by atoms with Gasteiger partial charge in [-0.2, -0.15) is 8.78 Å². The maximum Gasteiger partial charge on any atom is 0.387 e. The summed E-state index contributed by atoms with van der Waals surface area (Å²) >= 11 is 5.80. The van der Waals surface area contributed by atoms with Gasteiger partial charge in [-0.25, -0.2) is 4.79 Å². The highest BCUT2D eigenvalue weighted by Gasteiger charge is 2.06. The first-order chi connectivity index (χ1) is 12.4. The van der Waals surface area contributed by atoms with E-state index in [1.807, 2.05) is 0 Å². The van der Waals surface area contributed by atoms with Crippen molar-refractivity contribution in [3.63, 3.8) is 0 Å². The summed E-state index contributed by atoms with van der Waals surface area (Å²) in [5.41, 5.74) is 1.06. The van der Waals surface area contributed by atoms with Crippen molar-refractivity contribution in [2.75, 3.05) is 11.9 Å². The fourth-order valence-electron chi connectivity index (χ4n) is 1.87. The number of hydrogen-bond donors (Lipinski definition) is 1. The van der Waals surface area contributed by atoms with Gasteiger partial charge in [0.05, 0.1) is 0 Å². The zero-order valence-electron chi connectivity index (χ0n) is 13.3. The normalized spacial score (nSPS) is 10.8. The van der Waals surface area contributed by atoms with Crippen LogP contribution in [0, 0.1) is 0 Å². The minimum Gasteiger partial charge on any atom is -0.452 e. The zero-order valence-corrected chi connectivity index (χ0v) is 14.1. The van der Waals surface area contributed by atoms with Crippen molar-refractivity contribution < 1.29 is 27.8 Å². The van der Waals surface area contributed by atoms with Crippen molar-refractivity contribution in [3.8, 4) is 5.75 Å². The van der Waals surface area contributed by atoms with Crippen LogP contribution in [0.5, 0.6) is 5.75 Å². The number of anilines is 1. The fourth-order valence-corrected chi connectivity index (χ4v) is 2.06. The predicted octanol–water partition coefficient (Wildman–Crippen LogP) is 4.14. The van der Waals surface area contributed by atoms with Crippen LogP contribution in [0.4, 0.5) is 14.5 Å². The van der Waals surface area contributed by atoms with Gasteiger partial charge in [0, 0.05) is 16.8 Å². The Bertz CT molecular complexity index is 794. The minimum absolute atomic E-state index is 0.0115. The standard InChI is InChI=1S/C18H14ClF2NO4/c19-13-2-1-3-14(10-13)22-16(23)11-25-17(24)9-6-12-4-7-15(8-5-12)26-18(20)21/h1-10,18H,11H2,(H,22,23)/b9-6+. The van der Waals surface area contributed by atoms with Crippen LogP contribution in [0.1, 0.15) is 5.56 Å². The van der Waals surface area contributed by atoms with Gasteiger partial charge in [-0.3, -0.25) is 4.79 Å². The summed E-state index contributed by atoms with van der Waals surface area (Å²) < 4.78 is 33.1. The van der Waals surface area contributed by atoms with Gasteiger partial charge < -0.3 is 14.8 Å². The van der Waals surface area contributed by atoms with Crippen molar-refractivity contribution in [2.45, 2.75) is 6.61 Å².